The highest BCUT2D eigenvalue weighted by Gasteiger charge is 2.29. The molecule has 1 aliphatic rings. The lowest BCUT2D eigenvalue weighted by molar-refractivity contribution is -0.145. The van der Waals surface area contributed by atoms with Crippen molar-refractivity contribution in [1.82, 2.24) is 9.88 Å². The second-order valence-electron chi connectivity index (χ2n) is 6.42. The Kier molecular flexibility index (Phi) is 6.41. The molecular weight excluding hydrogens is 368 g/mol. The second kappa shape index (κ2) is 8.96. The fourth-order valence-corrected chi connectivity index (χ4v) is 3.59. The standard InChI is InChI=1S/C19H22N2O5S/c1-13-2-4-16(5-3-13)26-11-17-20-14(12-27-17)8-18(22)21-6-7-25-10-15(21)9-19(23)24/h2-5,12,15H,6-11H2,1H3,(H,23,24). The zero-order valence-corrected chi connectivity index (χ0v) is 15.9. The number of aromatic nitrogens is 1. The number of benzene rings is 1. The molecule has 1 fully saturated rings. The van der Waals surface area contributed by atoms with E-state index in [4.69, 9.17) is 14.6 Å². The highest BCUT2D eigenvalue weighted by molar-refractivity contribution is 7.09. The third kappa shape index (κ3) is 5.51. The first-order chi connectivity index (χ1) is 13.0. The molecule has 7 nitrogen and oxygen atoms in total. The largest absolute Gasteiger partial charge is 0.486 e. The van der Waals surface area contributed by atoms with E-state index in [0.29, 0.717) is 25.5 Å². The molecule has 1 aliphatic heterocycles. The molecule has 0 radical (unpaired) electrons. The van der Waals surface area contributed by atoms with Crippen LogP contribution in [0.15, 0.2) is 29.6 Å². The predicted molar refractivity (Wildman–Crippen MR) is 99.9 cm³/mol. The molecular formula is C19H22N2O5S. The van der Waals surface area contributed by atoms with Crippen molar-refractivity contribution in [3.63, 3.8) is 0 Å². The number of hydrogen-bond acceptors (Lipinski definition) is 6. The van der Waals surface area contributed by atoms with E-state index in [-0.39, 0.29) is 25.4 Å². The Bertz CT molecular complexity index is 790. The number of ether oxygens (including phenoxy) is 2. The first-order valence-electron chi connectivity index (χ1n) is 8.73. The van der Waals surface area contributed by atoms with Gasteiger partial charge in [-0.05, 0) is 19.1 Å². The van der Waals surface area contributed by atoms with Gasteiger partial charge >= 0.3 is 5.97 Å². The van der Waals surface area contributed by atoms with Gasteiger partial charge in [-0.3, -0.25) is 9.59 Å². The van der Waals surface area contributed by atoms with Crippen LogP contribution in [0, 0.1) is 6.92 Å². The van der Waals surface area contributed by atoms with Crippen molar-refractivity contribution in [1.29, 1.82) is 0 Å². The molecule has 1 unspecified atom stereocenters. The van der Waals surface area contributed by atoms with Gasteiger partial charge in [0.1, 0.15) is 17.4 Å². The highest BCUT2D eigenvalue weighted by Crippen LogP contribution is 2.18. The smallest absolute Gasteiger partial charge is 0.305 e. The van der Waals surface area contributed by atoms with Crippen LogP contribution in [0.4, 0.5) is 0 Å². The number of carbonyl (C=O) groups is 2. The molecule has 0 bridgehead atoms. The zero-order chi connectivity index (χ0) is 19.2. The fourth-order valence-electron chi connectivity index (χ4n) is 2.89. The van der Waals surface area contributed by atoms with Gasteiger partial charge in [-0.25, -0.2) is 4.98 Å². The van der Waals surface area contributed by atoms with Crippen molar-refractivity contribution in [3.05, 3.63) is 45.9 Å². The molecule has 8 heteroatoms. The second-order valence-corrected chi connectivity index (χ2v) is 7.37. The average molecular weight is 390 g/mol. The molecule has 0 spiro atoms. The van der Waals surface area contributed by atoms with Gasteiger partial charge in [-0.2, -0.15) is 0 Å². The molecule has 0 saturated carbocycles. The van der Waals surface area contributed by atoms with E-state index in [1.165, 1.54) is 16.9 Å². The van der Waals surface area contributed by atoms with Crippen molar-refractivity contribution in [3.8, 4) is 5.75 Å². The average Bonchev–Trinajstić information content (AvgIpc) is 3.08. The van der Waals surface area contributed by atoms with E-state index in [2.05, 4.69) is 4.98 Å². The third-order valence-electron chi connectivity index (χ3n) is 4.27. The number of amides is 1. The van der Waals surface area contributed by atoms with Gasteiger partial charge in [-0.1, -0.05) is 17.7 Å². The summed E-state index contributed by atoms with van der Waals surface area (Å²) >= 11 is 1.45. The van der Waals surface area contributed by atoms with Crippen molar-refractivity contribution >= 4 is 23.2 Å². The summed E-state index contributed by atoms with van der Waals surface area (Å²) in [5, 5.41) is 11.6. The summed E-state index contributed by atoms with van der Waals surface area (Å²) in [6.45, 7) is 3.45. The summed E-state index contributed by atoms with van der Waals surface area (Å²) in [4.78, 5) is 29.6. The predicted octanol–water partition coefficient (Wildman–Crippen LogP) is 2.28. The summed E-state index contributed by atoms with van der Waals surface area (Å²) in [5.41, 5.74) is 1.84. The number of morpholine rings is 1. The number of carboxylic acids is 1. The first kappa shape index (κ1) is 19.3. The summed E-state index contributed by atoms with van der Waals surface area (Å²) in [7, 11) is 0. The van der Waals surface area contributed by atoms with Gasteiger partial charge in [-0.15, -0.1) is 11.3 Å². The maximum Gasteiger partial charge on any atom is 0.305 e. The molecule has 1 atom stereocenters. The van der Waals surface area contributed by atoms with Gasteiger partial charge in [0, 0.05) is 11.9 Å². The van der Waals surface area contributed by atoms with Crippen LogP contribution < -0.4 is 4.74 Å². The van der Waals surface area contributed by atoms with Crippen molar-refractivity contribution in [2.45, 2.75) is 32.4 Å². The Hall–Kier alpha value is -2.45. The Morgan fingerprint density at radius 2 is 2.15 bits per heavy atom. The lowest BCUT2D eigenvalue weighted by Gasteiger charge is -2.34. The molecule has 2 heterocycles. The molecule has 2 aromatic rings. The van der Waals surface area contributed by atoms with Crippen molar-refractivity contribution < 1.29 is 24.2 Å². The van der Waals surface area contributed by atoms with Crippen LogP contribution in [0.5, 0.6) is 5.75 Å². The Labute approximate surface area is 161 Å². The van der Waals surface area contributed by atoms with E-state index >= 15 is 0 Å². The summed E-state index contributed by atoms with van der Waals surface area (Å²) in [6.07, 6.45) is 0.0373. The number of nitrogens with zero attached hydrogens (tertiary/aromatic N) is 2. The van der Waals surface area contributed by atoms with Crippen molar-refractivity contribution in [2.75, 3.05) is 19.8 Å². The number of thiazole rings is 1. The molecule has 3 rings (SSSR count). The van der Waals surface area contributed by atoms with E-state index in [1.54, 1.807) is 4.90 Å². The maximum atomic E-state index is 12.6. The normalized spacial score (nSPS) is 16.9. The minimum Gasteiger partial charge on any atom is -0.486 e. The molecule has 0 aliphatic carbocycles. The number of aryl methyl sites for hydroxylation is 1. The zero-order valence-electron chi connectivity index (χ0n) is 15.1. The van der Waals surface area contributed by atoms with Crippen molar-refractivity contribution in [2.24, 2.45) is 0 Å². The summed E-state index contributed by atoms with van der Waals surface area (Å²) in [6, 6.07) is 7.36. The molecule has 1 saturated heterocycles. The van der Waals surface area contributed by atoms with Crippen LogP contribution in [0.1, 0.15) is 22.7 Å². The number of aliphatic carboxylic acids is 1. The van der Waals surface area contributed by atoms with Gasteiger partial charge < -0.3 is 19.5 Å². The highest BCUT2D eigenvalue weighted by atomic mass is 32.1. The molecule has 1 N–H and O–H groups in total. The topological polar surface area (TPSA) is 89.0 Å². The van der Waals surface area contributed by atoms with E-state index < -0.39 is 12.0 Å². The monoisotopic (exact) mass is 390 g/mol. The fraction of sp³-hybridized carbons (Fsp3) is 0.421. The van der Waals surface area contributed by atoms with Crippen LogP contribution in [0.25, 0.3) is 0 Å². The van der Waals surface area contributed by atoms with Gasteiger partial charge in [0.25, 0.3) is 0 Å². The van der Waals surface area contributed by atoms with Crippen LogP contribution >= 0.6 is 11.3 Å². The Morgan fingerprint density at radius 3 is 2.89 bits per heavy atom. The van der Waals surface area contributed by atoms with Gasteiger partial charge in [0.15, 0.2) is 0 Å². The molecule has 27 heavy (non-hydrogen) atoms. The lowest BCUT2D eigenvalue weighted by Crippen LogP contribution is -2.50. The minimum atomic E-state index is -0.938. The number of carboxylic acid groups (broad SMARTS) is 1. The quantitative estimate of drug-likeness (QED) is 0.780. The maximum absolute atomic E-state index is 12.6. The van der Waals surface area contributed by atoms with Gasteiger partial charge in [0.2, 0.25) is 5.91 Å². The molecule has 1 aromatic carbocycles. The van der Waals surface area contributed by atoms with Gasteiger partial charge in [0.05, 0.1) is 37.8 Å². The first-order valence-corrected chi connectivity index (χ1v) is 9.61. The molecule has 1 aromatic heterocycles. The summed E-state index contributed by atoms with van der Waals surface area (Å²) < 4.78 is 11.0. The molecule has 144 valence electrons. The number of hydrogen-bond donors (Lipinski definition) is 1. The van der Waals surface area contributed by atoms with E-state index in [0.717, 1.165) is 10.8 Å². The van der Waals surface area contributed by atoms with Crippen LogP contribution in [-0.4, -0.2) is 52.7 Å². The Morgan fingerprint density at radius 1 is 1.37 bits per heavy atom. The third-order valence-corrected chi connectivity index (χ3v) is 5.14. The number of carbonyl (C=O) groups excluding carboxylic acids is 1. The molecule has 1 amide bonds. The SMILES string of the molecule is Cc1ccc(OCc2nc(CC(=O)N3CCOCC3CC(=O)O)cs2)cc1. The minimum absolute atomic E-state index is 0.113. The lowest BCUT2D eigenvalue weighted by atomic mass is 10.1. The summed E-state index contributed by atoms with van der Waals surface area (Å²) in [5.74, 6) is -0.286. The Balaban J connectivity index is 1.55. The van der Waals surface area contributed by atoms with Crippen LogP contribution in [-0.2, 0) is 27.4 Å². The van der Waals surface area contributed by atoms with Crippen LogP contribution in [0.2, 0.25) is 0 Å². The van der Waals surface area contributed by atoms with Crippen LogP contribution in [0.3, 0.4) is 0 Å². The van der Waals surface area contributed by atoms with E-state index in [9.17, 15) is 9.59 Å². The van der Waals surface area contributed by atoms with E-state index in [1.807, 2.05) is 36.6 Å². The number of rotatable bonds is 7.